The Kier molecular flexibility index (Phi) is 31.7. The smallest absolute Gasteiger partial charge is 0.306 e. The molecule has 1 N–H and O–H groups in total. The minimum atomic E-state index is -0.784. The predicted molar refractivity (Wildman–Crippen MR) is 177 cm³/mol. The summed E-state index contributed by atoms with van der Waals surface area (Å²) < 4.78 is 10.5. The third kappa shape index (κ3) is 30.8. The molecule has 0 aliphatic carbocycles. The van der Waals surface area contributed by atoms with Gasteiger partial charge in [0.25, 0.3) is 0 Å². The number of esters is 2. The van der Waals surface area contributed by atoms with Crippen molar-refractivity contribution in [2.24, 2.45) is 0 Å². The Labute approximate surface area is 258 Å². The number of carbonyl (C=O) groups is 2. The highest BCUT2D eigenvalue weighted by Gasteiger charge is 2.16. The number of rotatable bonds is 30. The fourth-order valence-electron chi connectivity index (χ4n) is 4.62. The largest absolute Gasteiger partial charge is 0.462 e. The van der Waals surface area contributed by atoms with Gasteiger partial charge < -0.3 is 14.6 Å². The first-order valence-corrected chi connectivity index (χ1v) is 17.2. The second-order valence-electron chi connectivity index (χ2n) is 11.3. The number of ether oxygens (including phenoxy) is 2. The molecule has 0 aromatic rings. The van der Waals surface area contributed by atoms with Gasteiger partial charge in [0.2, 0.25) is 0 Å². The maximum Gasteiger partial charge on any atom is 0.306 e. The minimum absolute atomic E-state index is 0.0856. The van der Waals surface area contributed by atoms with Gasteiger partial charge in [-0.3, -0.25) is 9.59 Å². The molecule has 242 valence electrons. The topological polar surface area (TPSA) is 72.8 Å². The molecule has 0 bridgehead atoms. The van der Waals surface area contributed by atoms with Crippen molar-refractivity contribution in [2.45, 2.75) is 161 Å². The Bertz CT molecular complexity index is 722. The Morgan fingerprint density at radius 1 is 0.571 bits per heavy atom. The molecule has 0 radical (unpaired) electrons. The van der Waals surface area contributed by atoms with E-state index in [0.29, 0.717) is 12.8 Å². The van der Waals surface area contributed by atoms with Crippen molar-refractivity contribution in [3.8, 4) is 0 Å². The summed E-state index contributed by atoms with van der Waals surface area (Å²) in [4.78, 5) is 24.1. The third-order valence-corrected chi connectivity index (χ3v) is 7.23. The van der Waals surface area contributed by atoms with Crippen LogP contribution in [0.15, 0.2) is 48.6 Å². The van der Waals surface area contributed by atoms with E-state index in [0.717, 1.165) is 51.4 Å². The zero-order chi connectivity index (χ0) is 30.8. The number of allylic oxidation sites excluding steroid dienone is 8. The molecule has 0 amide bonds. The molecular weight excluding hydrogens is 524 g/mol. The first-order valence-electron chi connectivity index (χ1n) is 17.2. The van der Waals surface area contributed by atoms with E-state index in [1.54, 1.807) is 0 Å². The van der Waals surface area contributed by atoms with E-state index in [4.69, 9.17) is 9.47 Å². The monoisotopic (exact) mass is 588 g/mol. The summed E-state index contributed by atoms with van der Waals surface area (Å²) in [5, 5.41) is 9.50. The number of hydrogen-bond donors (Lipinski definition) is 1. The molecule has 0 aromatic carbocycles. The molecule has 42 heavy (non-hydrogen) atoms. The zero-order valence-electron chi connectivity index (χ0n) is 27.2. The summed E-state index contributed by atoms with van der Waals surface area (Å²) in [6.07, 6.45) is 40.2. The molecule has 0 aliphatic heterocycles. The van der Waals surface area contributed by atoms with Crippen LogP contribution < -0.4 is 0 Å². The second kappa shape index (κ2) is 33.4. The van der Waals surface area contributed by atoms with Crippen LogP contribution >= 0.6 is 0 Å². The van der Waals surface area contributed by atoms with Gasteiger partial charge >= 0.3 is 11.9 Å². The average Bonchev–Trinajstić information content (AvgIpc) is 2.99. The molecule has 0 heterocycles. The van der Waals surface area contributed by atoms with E-state index in [1.807, 2.05) is 36.5 Å². The number of unbranched alkanes of at least 4 members (excludes halogenated alkanes) is 17. The standard InChI is InChI=1S/C37H64O5/c1-3-5-7-9-11-13-15-17-18-20-22-24-26-28-30-32-37(40)42-35(33-38)34-41-36(39)31-29-27-25-23-21-19-16-14-12-10-8-6-4-2/h6,8,10,12,14,16,19,21,35,38H,3-5,7,9,11,13,15,17-18,20,22-34H2,1-2H3/b8-6+,12-10+,16-14+,21-19+. The molecule has 1 unspecified atom stereocenters. The molecule has 0 fully saturated rings. The van der Waals surface area contributed by atoms with Crippen LogP contribution in [0.1, 0.15) is 155 Å². The van der Waals surface area contributed by atoms with Gasteiger partial charge in [0.15, 0.2) is 6.10 Å². The Balaban J connectivity index is 3.64. The van der Waals surface area contributed by atoms with Crippen molar-refractivity contribution in [3.63, 3.8) is 0 Å². The van der Waals surface area contributed by atoms with Crippen LogP contribution in [-0.4, -0.2) is 36.4 Å². The fourth-order valence-corrected chi connectivity index (χ4v) is 4.62. The molecule has 0 rings (SSSR count). The van der Waals surface area contributed by atoms with Crippen LogP contribution in [0, 0.1) is 0 Å². The molecular formula is C37H64O5. The molecule has 5 nitrogen and oxygen atoms in total. The van der Waals surface area contributed by atoms with E-state index in [2.05, 4.69) is 26.0 Å². The van der Waals surface area contributed by atoms with Crippen molar-refractivity contribution in [1.29, 1.82) is 0 Å². The van der Waals surface area contributed by atoms with Crippen molar-refractivity contribution >= 4 is 11.9 Å². The third-order valence-electron chi connectivity index (χ3n) is 7.23. The highest BCUT2D eigenvalue weighted by Crippen LogP contribution is 2.14. The van der Waals surface area contributed by atoms with Crippen molar-refractivity contribution < 1.29 is 24.2 Å². The van der Waals surface area contributed by atoms with Gasteiger partial charge in [0.05, 0.1) is 6.61 Å². The summed E-state index contributed by atoms with van der Waals surface area (Å²) in [5.74, 6) is -0.638. The average molecular weight is 589 g/mol. The maximum atomic E-state index is 12.1. The molecule has 1 atom stereocenters. The number of aliphatic hydroxyl groups is 1. The summed E-state index contributed by atoms with van der Waals surface area (Å²) in [6, 6.07) is 0. The predicted octanol–water partition coefficient (Wildman–Crippen LogP) is 10.3. The van der Waals surface area contributed by atoms with Crippen molar-refractivity contribution in [3.05, 3.63) is 48.6 Å². The van der Waals surface area contributed by atoms with Crippen LogP contribution in [0.5, 0.6) is 0 Å². The summed E-state index contributed by atoms with van der Waals surface area (Å²) in [7, 11) is 0. The van der Waals surface area contributed by atoms with Crippen LogP contribution in [-0.2, 0) is 19.1 Å². The Hall–Kier alpha value is -2.14. The summed E-state index contributed by atoms with van der Waals surface area (Å²) >= 11 is 0. The highest BCUT2D eigenvalue weighted by atomic mass is 16.6. The van der Waals surface area contributed by atoms with E-state index in [1.165, 1.54) is 77.0 Å². The Morgan fingerprint density at radius 2 is 1.02 bits per heavy atom. The van der Waals surface area contributed by atoms with E-state index >= 15 is 0 Å². The molecule has 5 heteroatoms. The molecule has 0 spiro atoms. The molecule has 0 saturated carbocycles. The lowest BCUT2D eigenvalue weighted by Crippen LogP contribution is -2.28. The summed E-state index contributed by atoms with van der Waals surface area (Å²) in [6.45, 7) is 3.95. The quantitative estimate of drug-likeness (QED) is 0.0513. The number of aliphatic hydroxyl groups excluding tert-OH is 1. The number of carbonyl (C=O) groups excluding carboxylic acids is 2. The van der Waals surface area contributed by atoms with Gasteiger partial charge in [0, 0.05) is 12.8 Å². The normalized spacial score (nSPS) is 12.7. The zero-order valence-corrected chi connectivity index (χ0v) is 27.2. The van der Waals surface area contributed by atoms with Gasteiger partial charge in [0.1, 0.15) is 6.61 Å². The Morgan fingerprint density at radius 3 is 1.55 bits per heavy atom. The van der Waals surface area contributed by atoms with Gasteiger partial charge in [-0.25, -0.2) is 0 Å². The maximum absolute atomic E-state index is 12.1. The highest BCUT2D eigenvalue weighted by molar-refractivity contribution is 5.70. The summed E-state index contributed by atoms with van der Waals surface area (Å²) in [5.41, 5.74) is 0. The first-order chi connectivity index (χ1) is 20.6. The lowest BCUT2D eigenvalue weighted by molar-refractivity contribution is -0.161. The van der Waals surface area contributed by atoms with E-state index < -0.39 is 6.10 Å². The first kappa shape index (κ1) is 39.9. The van der Waals surface area contributed by atoms with Crippen molar-refractivity contribution in [1.82, 2.24) is 0 Å². The lowest BCUT2D eigenvalue weighted by Gasteiger charge is -2.15. The SMILES string of the molecule is CC/C=C/C=C/C=C/C=C/CCCCCC(=O)OCC(CO)OC(=O)CCCCCCCCCCCCCCCCC. The molecule has 0 saturated heterocycles. The van der Waals surface area contributed by atoms with E-state index in [9.17, 15) is 14.7 Å². The lowest BCUT2D eigenvalue weighted by atomic mass is 10.0. The fraction of sp³-hybridized carbons (Fsp3) is 0.730. The van der Waals surface area contributed by atoms with Crippen molar-refractivity contribution in [2.75, 3.05) is 13.2 Å². The molecule has 0 aliphatic rings. The van der Waals surface area contributed by atoms with Crippen LogP contribution in [0.4, 0.5) is 0 Å². The van der Waals surface area contributed by atoms with Gasteiger partial charge in [-0.05, 0) is 32.1 Å². The van der Waals surface area contributed by atoms with Gasteiger partial charge in [-0.1, -0.05) is 159 Å². The van der Waals surface area contributed by atoms with Gasteiger partial charge in [-0.2, -0.15) is 0 Å². The number of hydrogen-bond acceptors (Lipinski definition) is 5. The second-order valence-corrected chi connectivity index (χ2v) is 11.3. The van der Waals surface area contributed by atoms with E-state index in [-0.39, 0.29) is 25.2 Å². The van der Waals surface area contributed by atoms with Crippen LogP contribution in [0.2, 0.25) is 0 Å². The minimum Gasteiger partial charge on any atom is -0.462 e. The van der Waals surface area contributed by atoms with Gasteiger partial charge in [-0.15, -0.1) is 0 Å². The van der Waals surface area contributed by atoms with Crippen LogP contribution in [0.25, 0.3) is 0 Å². The van der Waals surface area contributed by atoms with Crippen LogP contribution in [0.3, 0.4) is 0 Å². The molecule has 0 aromatic heterocycles.